The third-order valence-electron chi connectivity index (χ3n) is 7.55. The van der Waals surface area contributed by atoms with Crippen molar-refractivity contribution in [1.82, 2.24) is 24.9 Å². The molecule has 3 aromatic rings. The molecule has 6 rings (SSSR count). The fourth-order valence-electron chi connectivity index (χ4n) is 5.20. The van der Waals surface area contributed by atoms with Crippen LogP contribution in [0.15, 0.2) is 67.4 Å². The van der Waals surface area contributed by atoms with Gasteiger partial charge < -0.3 is 20.2 Å². The lowest BCUT2D eigenvalue weighted by Gasteiger charge is -2.34. The van der Waals surface area contributed by atoms with E-state index in [9.17, 15) is 5.11 Å². The Kier molecular flexibility index (Phi) is 6.25. The van der Waals surface area contributed by atoms with Crippen molar-refractivity contribution in [2.24, 2.45) is 0 Å². The second kappa shape index (κ2) is 9.74. The first-order chi connectivity index (χ1) is 18.4. The Morgan fingerprint density at radius 2 is 1.84 bits per heavy atom. The molecule has 2 bridgehead atoms. The highest BCUT2D eigenvalue weighted by Crippen LogP contribution is 2.42. The zero-order valence-corrected chi connectivity index (χ0v) is 22.0. The van der Waals surface area contributed by atoms with Crippen molar-refractivity contribution in [3.63, 3.8) is 0 Å². The summed E-state index contributed by atoms with van der Waals surface area (Å²) in [4.78, 5) is 19.2. The molecule has 1 fully saturated rings. The highest BCUT2D eigenvalue weighted by atomic mass is 16.3. The van der Waals surface area contributed by atoms with Gasteiger partial charge in [-0.1, -0.05) is 30.9 Å². The molecule has 5 heterocycles. The van der Waals surface area contributed by atoms with E-state index in [0.717, 1.165) is 49.5 Å². The summed E-state index contributed by atoms with van der Waals surface area (Å²) in [5.74, 6) is 1.89. The summed E-state index contributed by atoms with van der Waals surface area (Å²) >= 11 is 0. The van der Waals surface area contributed by atoms with Crippen LogP contribution in [-0.2, 0) is 5.60 Å². The van der Waals surface area contributed by atoms with Crippen LogP contribution in [-0.4, -0.2) is 69.7 Å². The minimum Gasteiger partial charge on any atom is -0.384 e. The van der Waals surface area contributed by atoms with E-state index >= 15 is 0 Å². The molecule has 2 aromatic heterocycles. The van der Waals surface area contributed by atoms with Gasteiger partial charge in [0.05, 0.1) is 23.5 Å². The molecule has 0 radical (unpaired) electrons. The van der Waals surface area contributed by atoms with Crippen molar-refractivity contribution >= 4 is 34.7 Å². The smallest absolute Gasteiger partial charge is 0.229 e. The maximum absolute atomic E-state index is 11.1. The normalized spacial score (nSPS) is 22.5. The maximum atomic E-state index is 11.1. The molecule has 3 aliphatic heterocycles. The van der Waals surface area contributed by atoms with Crippen molar-refractivity contribution in [2.45, 2.75) is 25.4 Å². The predicted molar refractivity (Wildman–Crippen MR) is 152 cm³/mol. The van der Waals surface area contributed by atoms with Crippen molar-refractivity contribution < 1.29 is 5.11 Å². The molecule has 0 unspecified atom stereocenters. The lowest BCUT2D eigenvalue weighted by molar-refractivity contribution is 0.0444. The average molecular weight is 511 g/mol. The van der Waals surface area contributed by atoms with E-state index in [1.54, 1.807) is 0 Å². The number of anilines is 5. The van der Waals surface area contributed by atoms with Crippen LogP contribution in [0.2, 0.25) is 0 Å². The maximum Gasteiger partial charge on any atom is 0.229 e. The zero-order valence-electron chi connectivity index (χ0n) is 22.0. The van der Waals surface area contributed by atoms with Crippen LogP contribution < -0.4 is 15.2 Å². The predicted octanol–water partition coefficient (Wildman–Crippen LogP) is 4.26. The number of piperazine rings is 1. The van der Waals surface area contributed by atoms with Crippen molar-refractivity contribution in [2.75, 3.05) is 55.0 Å². The Bertz CT molecular complexity index is 1380. The number of nitrogens with zero attached hydrogens (tertiary/aromatic N) is 7. The molecule has 2 N–H and O–H groups in total. The van der Waals surface area contributed by atoms with Gasteiger partial charge in [-0.15, -0.1) is 0 Å². The first-order valence-corrected chi connectivity index (χ1v) is 13.2. The van der Waals surface area contributed by atoms with Crippen LogP contribution in [0.25, 0.3) is 5.70 Å². The largest absolute Gasteiger partial charge is 0.384 e. The molecule has 1 atom stereocenters. The van der Waals surface area contributed by atoms with Gasteiger partial charge in [0.15, 0.2) is 11.6 Å². The van der Waals surface area contributed by atoms with E-state index in [2.05, 4.69) is 69.1 Å². The molecule has 0 saturated carbocycles. The van der Waals surface area contributed by atoms with Crippen molar-refractivity contribution in [3.8, 4) is 0 Å². The van der Waals surface area contributed by atoms with Gasteiger partial charge in [-0.05, 0) is 57.1 Å². The average Bonchev–Trinajstić information content (AvgIpc) is 3.19. The van der Waals surface area contributed by atoms with E-state index in [-0.39, 0.29) is 0 Å². The molecule has 0 aliphatic carbocycles. The van der Waals surface area contributed by atoms with E-state index in [1.807, 2.05) is 42.4 Å². The number of aromatic nitrogens is 3. The number of rotatable bonds is 3. The molecule has 3 aliphatic rings. The molecule has 0 amide bonds. The lowest BCUT2D eigenvalue weighted by atomic mass is 9.95. The fraction of sp³-hybridized carbons (Fsp3) is 0.345. The monoisotopic (exact) mass is 510 g/mol. The SMILES string of the molecule is C=C1c2cnc(Nc3cccc(N4CCN(C)CC4)c3)nc2N2c3cccc(n3)[C@](C)(O)CC/C=C\CN12. The number of nitrogens with one attached hydrogen (secondary N) is 1. The van der Waals surface area contributed by atoms with Crippen LogP contribution in [0.3, 0.4) is 0 Å². The molecule has 38 heavy (non-hydrogen) atoms. The number of hydrogen-bond donors (Lipinski definition) is 2. The Labute approximate surface area is 223 Å². The number of benzene rings is 1. The minimum absolute atomic E-state index is 0.502. The van der Waals surface area contributed by atoms with Gasteiger partial charge in [-0.2, -0.15) is 4.98 Å². The summed E-state index contributed by atoms with van der Waals surface area (Å²) in [6.07, 6.45) is 7.38. The zero-order chi connectivity index (χ0) is 26.3. The lowest BCUT2D eigenvalue weighted by Crippen LogP contribution is -2.44. The summed E-state index contributed by atoms with van der Waals surface area (Å²) in [5, 5.41) is 18.5. The van der Waals surface area contributed by atoms with Gasteiger partial charge in [0.1, 0.15) is 5.60 Å². The Balaban J connectivity index is 1.33. The van der Waals surface area contributed by atoms with Crippen molar-refractivity contribution in [1.29, 1.82) is 0 Å². The Morgan fingerprint density at radius 1 is 1.03 bits per heavy atom. The van der Waals surface area contributed by atoms with Gasteiger partial charge in [0.2, 0.25) is 5.95 Å². The molecule has 9 nitrogen and oxygen atoms in total. The molecular weight excluding hydrogens is 476 g/mol. The second-order valence-corrected chi connectivity index (χ2v) is 10.4. The number of hydrazine groups is 1. The standard InChI is InChI=1S/C29H34N8O/c1-21-24-20-30-28(31-22-9-7-10-23(19-22)35-17-15-34(3)16-18-35)33-27(24)37-26-12-8-11-25(32-26)29(2,38)13-5-4-6-14-36(21)37/h4,6-12,19-20,38H,1,5,13-18H2,2-3H3,(H,30,31,33)/b6-4-/t29-/m1/s1. The van der Waals surface area contributed by atoms with Crippen LogP contribution >= 0.6 is 0 Å². The molecule has 9 heteroatoms. The number of aliphatic hydroxyl groups is 1. The van der Waals surface area contributed by atoms with Crippen LogP contribution in [0.1, 0.15) is 31.0 Å². The summed E-state index contributed by atoms with van der Waals surface area (Å²) in [5.41, 5.74) is 3.40. The number of pyridine rings is 1. The number of likely N-dealkylation sites (N-methyl/N-ethyl adjacent to an activating group) is 1. The quantitative estimate of drug-likeness (QED) is 0.502. The van der Waals surface area contributed by atoms with E-state index in [4.69, 9.17) is 9.97 Å². The van der Waals surface area contributed by atoms with Gasteiger partial charge in [0.25, 0.3) is 0 Å². The first-order valence-electron chi connectivity index (χ1n) is 13.2. The van der Waals surface area contributed by atoms with E-state index in [0.29, 0.717) is 36.2 Å². The Morgan fingerprint density at radius 3 is 2.68 bits per heavy atom. The summed E-state index contributed by atoms with van der Waals surface area (Å²) < 4.78 is 0. The molecule has 0 spiro atoms. The third-order valence-corrected chi connectivity index (χ3v) is 7.55. The van der Waals surface area contributed by atoms with E-state index < -0.39 is 5.60 Å². The highest BCUT2D eigenvalue weighted by Gasteiger charge is 2.35. The number of fused-ring (bicyclic) bond motifs is 6. The third kappa shape index (κ3) is 4.59. The second-order valence-electron chi connectivity index (χ2n) is 10.4. The van der Waals surface area contributed by atoms with Crippen LogP contribution in [0, 0.1) is 0 Å². The van der Waals surface area contributed by atoms with Gasteiger partial charge in [0, 0.05) is 43.8 Å². The van der Waals surface area contributed by atoms with Crippen LogP contribution in [0.4, 0.5) is 29.0 Å². The van der Waals surface area contributed by atoms with E-state index in [1.165, 1.54) is 5.69 Å². The molecule has 196 valence electrons. The van der Waals surface area contributed by atoms with Crippen molar-refractivity contribution in [3.05, 3.63) is 78.6 Å². The summed E-state index contributed by atoms with van der Waals surface area (Å²) in [6.45, 7) is 10.9. The molecule has 1 aromatic carbocycles. The summed E-state index contributed by atoms with van der Waals surface area (Å²) in [6, 6.07) is 14.1. The van der Waals surface area contributed by atoms with Gasteiger partial charge in [-0.3, -0.25) is 5.01 Å². The van der Waals surface area contributed by atoms with Gasteiger partial charge >= 0.3 is 0 Å². The van der Waals surface area contributed by atoms with Gasteiger partial charge in [-0.25, -0.2) is 15.0 Å². The molecular formula is C29H34N8O. The first kappa shape index (κ1) is 24.4. The Hall–Kier alpha value is -3.95. The number of hydrogen-bond acceptors (Lipinski definition) is 9. The van der Waals surface area contributed by atoms with Crippen LogP contribution in [0.5, 0.6) is 0 Å². The number of allylic oxidation sites excluding steroid dienone is 1. The topological polar surface area (TPSA) is 83.9 Å². The minimum atomic E-state index is -1.03. The summed E-state index contributed by atoms with van der Waals surface area (Å²) in [7, 11) is 2.16. The molecule has 1 saturated heterocycles. The fourth-order valence-corrected chi connectivity index (χ4v) is 5.20. The highest BCUT2D eigenvalue weighted by molar-refractivity contribution is 5.83.